The van der Waals surface area contributed by atoms with Crippen molar-refractivity contribution in [3.63, 3.8) is 0 Å². The molecule has 0 nitrogen and oxygen atoms in total. The summed E-state index contributed by atoms with van der Waals surface area (Å²) >= 11 is 1.67. The van der Waals surface area contributed by atoms with Gasteiger partial charge in [0.05, 0.1) is 0 Å². The second-order valence-electron chi connectivity index (χ2n) is 6.64. The third-order valence-corrected chi connectivity index (χ3v) is 9.68. The molecule has 2 aromatic rings. The molecule has 98 valence electrons. The predicted molar refractivity (Wildman–Crippen MR) is 95.1 cm³/mol. The van der Waals surface area contributed by atoms with Crippen LogP contribution in [-0.4, -0.2) is 97.9 Å². The molecule has 0 N–H and O–H groups in total. The maximum absolute atomic E-state index is 2.47. The zero-order chi connectivity index (χ0) is 15.1. The van der Waals surface area contributed by atoms with Crippen LogP contribution >= 0.6 is 0 Å². The van der Waals surface area contributed by atoms with Crippen molar-refractivity contribution in [2.75, 3.05) is 0 Å². The molecule has 0 fully saturated rings. The van der Waals surface area contributed by atoms with Crippen LogP contribution in [0.2, 0.25) is 0 Å². The van der Waals surface area contributed by atoms with Gasteiger partial charge < -0.3 is 0 Å². The van der Waals surface area contributed by atoms with Crippen LogP contribution < -0.4 is 0 Å². The van der Waals surface area contributed by atoms with Crippen LogP contribution in [0.25, 0.3) is 12.2 Å². The first-order chi connectivity index (χ1) is 10.7. The minimum absolute atomic E-state index is 0.782. The van der Waals surface area contributed by atoms with Gasteiger partial charge in [-0.15, -0.1) is 0 Å². The van der Waals surface area contributed by atoms with Crippen molar-refractivity contribution in [1.29, 1.82) is 0 Å². The molecule has 0 saturated carbocycles. The second kappa shape index (κ2) is 7.21. The third-order valence-electron chi connectivity index (χ3n) is 5.42. The Morgan fingerprint density at radius 2 is 1.05 bits per heavy atom. The quantitative estimate of drug-likeness (QED) is 0.731. The molecule has 0 aliphatic heterocycles. The van der Waals surface area contributed by atoms with Gasteiger partial charge in [0.15, 0.2) is 0 Å². The first kappa shape index (κ1) is 16.6. The first-order valence-corrected chi connectivity index (χ1v) is 11.9. The van der Waals surface area contributed by atoms with Gasteiger partial charge in [0.2, 0.25) is 0 Å². The number of hydrogen-bond acceptors (Lipinski definition) is 0. The summed E-state index contributed by atoms with van der Waals surface area (Å²) in [6.07, 6.45) is 7.46. The molecule has 22 heavy (non-hydrogen) atoms. The molecule has 0 spiro atoms. The molecule has 4 rings (SSSR count). The van der Waals surface area contributed by atoms with E-state index in [1.54, 1.807) is 22.3 Å². The van der Waals surface area contributed by atoms with E-state index in [4.69, 9.17) is 0 Å². The molecule has 0 bridgehead atoms. The van der Waals surface area contributed by atoms with Crippen LogP contribution in [0, 0.1) is 0 Å². The average Bonchev–Trinajstić information content (AvgIpc) is 3.04. The topological polar surface area (TPSA) is 0 Å². The first-order valence-electron chi connectivity index (χ1n) is 8.33. The van der Waals surface area contributed by atoms with Gasteiger partial charge >= 0.3 is 205 Å². The maximum atomic E-state index is 2.47. The van der Waals surface area contributed by atoms with Crippen LogP contribution in [-0.2, 0) is 0 Å². The molecule has 0 amide bonds. The molecule has 2 aromatic carbocycles. The molecule has 2 aliphatic carbocycles. The summed E-state index contributed by atoms with van der Waals surface area (Å²) in [4.78, 5) is 0. The van der Waals surface area contributed by atoms with Crippen molar-refractivity contribution in [2.24, 2.45) is 0 Å². The number of benzene rings is 2. The molecule has 0 aromatic heterocycles. The summed E-state index contributed by atoms with van der Waals surface area (Å²) in [5, 5.41) is 0. The Kier molecular flexibility index (Phi) is 5.45. The summed E-state index contributed by atoms with van der Waals surface area (Å²) in [5.41, 5.74) is 9.52. The van der Waals surface area contributed by atoms with E-state index in [0.29, 0.717) is 0 Å². The van der Waals surface area contributed by atoms with E-state index in [1.165, 1.54) is 24.0 Å². The summed E-state index contributed by atoms with van der Waals surface area (Å²) in [6, 6.07) is 18.0. The zero-order valence-electron chi connectivity index (χ0n) is 13.3. The Labute approximate surface area is 200 Å². The van der Waals surface area contributed by atoms with Gasteiger partial charge in [-0.1, -0.05) is 0 Å². The Hall–Kier alpha value is 1.19. The number of hydrogen-bond donors (Lipinski definition) is 0. The molecule has 0 radical (unpaired) electrons. The average molecular weight is 335 g/mol. The van der Waals surface area contributed by atoms with Gasteiger partial charge in [0.1, 0.15) is 0 Å². The zero-order valence-corrected chi connectivity index (χ0v) is 19.6. The fourth-order valence-corrected chi connectivity index (χ4v) is 7.05. The monoisotopic (exact) mass is 334 g/mol. The number of fused-ring (bicyclic) bond motifs is 2. The van der Waals surface area contributed by atoms with Crippen LogP contribution in [0.15, 0.2) is 59.7 Å². The van der Waals surface area contributed by atoms with E-state index < -0.39 is 0 Å². The van der Waals surface area contributed by atoms with Gasteiger partial charge in [-0.2, -0.15) is 0 Å². The molecule has 2 aliphatic rings. The molecule has 0 saturated heterocycles. The van der Waals surface area contributed by atoms with Crippen molar-refractivity contribution in [3.8, 4) is 0 Å². The van der Waals surface area contributed by atoms with Crippen LogP contribution in [0.5, 0.6) is 0 Å². The summed E-state index contributed by atoms with van der Waals surface area (Å²) < 4.78 is 1.56. The summed E-state index contributed by atoms with van der Waals surface area (Å²) in [6.45, 7) is 0. The van der Waals surface area contributed by atoms with E-state index in [-0.39, 0.29) is 0 Å². The second-order valence-corrected chi connectivity index (χ2v) is 10.2. The summed E-state index contributed by atoms with van der Waals surface area (Å²) in [7, 11) is 0. The Balaban J connectivity index is 1.50. The predicted octanol–water partition coefficient (Wildman–Crippen LogP) is 4.38. The standard InChI is InChI=1S/C20H16.2K/c1-2-6-18-12-15(11-17(18)5-1)9-10-16-13-19-7-3-4-8-20(19)14-16;;/h1-8,11-14H,9-10H2;;. The molecule has 2 unspecified atom stereocenters. The van der Waals surface area contributed by atoms with Crippen molar-refractivity contribution in [2.45, 2.75) is 12.9 Å². The SMILES string of the molecule is [K][CH]1C(CCC2=Cc3ccccc3[CH]2[K])=Cc2ccccc21. The van der Waals surface area contributed by atoms with Gasteiger partial charge in [0.25, 0.3) is 0 Å². The minimum atomic E-state index is 0.782. The van der Waals surface area contributed by atoms with E-state index in [1.807, 2.05) is 0 Å². The summed E-state index contributed by atoms with van der Waals surface area (Å²) in [5.74, 6) is 0. The van der Waals surface area contributed by atoms with Crippen LogP contribution in [0.1, 0.15) is 35.1 Å². The molecular weight excluding hydrogens is 318 g/mol. The number of allylic oxidation sites excluding steroid dienone is 2. The fraction of sp³-hybridized carbons (Fsp3) is 0.200. The van der Waals surface area contributed by atoms with Crippen molar-refractivity contribution < 1.29 is 0 Å². The van der Waals surface area contributed by atoms with E-state index in [9.17, 15) is 0 Å². The van der Waals surface area contributed by atoms with Gasteiger partial charge in [0, 0.05) is 0 Å². The van der Waals surface area contributed by atoms with Crippen molar-refractivity contribution >= 4 is 110 Å². The van der Waals surface area contributed by atoms with Gasteiger partial charge in [-0.3, -0.25) is 0 Å². The van der Waals surface area contributed by atoms with E-state index in [0.717, 1.165) is 97.9 Å². The van der Waals surface area contributed by atoms with Gasteiger partial charge in [-0.05, 0) is 0 Å². The normalized spacial score (nSPS) is 22.2. The molecular formula is C20H16K2. The van der Waals surface area contributed by atoms with Crippen molar-refractivity contribution in [3.05, 3.63) is 81.9 Å². The van der Waals surface area contributed by atoms with Gasteiger partial charge in [-0.25, -0.2) is 0 Å². The van der Waals surface area contributed by atoms with E-state index >= 15 is 0 Å². The Morgan fingerprint density at radius 3 is 1.45 bits per heavy atom. The molecule has 0 heterocycles. The third kappa shape index (κ3) is 3.17. The fourth-order valence-electron chi connectivity index (χ4n) is 3.99. The van der Waals surface area contributed by atoms with Crippen LogP contribution in [0.3, 0.4) is 0 Å². The Morgan fingerprint density at radius 1 is 0.636 bits per heavy atom. The van der Waals surface area contributed by atoms with Crippen LogP contribution in [0.4, 0.5) is 0 Å². The number of rotatable bonds is 3. The Bertz CT molecular complexity index is 718. The van der Waals surface area contributed by atoms with Crippen molar-refractivity contribution in [1.82, 2.24) is 0 Å². The van der Waals surface area contributed by atoms with E-state index in [2.05, 4.69) is 60.7 Å². The molecule has 2 heteroatoms. The molecule has 2 atom stereocenters.